The highest BCUT2D eigenvalue weighted by molar-refractivity contribution is 7.91. The largest absolute Gasteiger partial charge is 0.497 e. The average molecular weight is 330 g/mol. The SMILES string of the molecule is COc1ccc2oc(=O)c(S(=O)(=O)c3ccc(C)cc3)cc2c1. The third-order valence-corrected chi connectivity index (χ3v) is 5.28. The van der Waals surface area contributed by atoms with Gasteiger partial charge in [-0.1, -0.05) is 17.7 Å². The molecule has 0 N–H and O–H groups in total. The zero-order chi connectivity index (χ0) is 16.6. The van der Waals surface area contributed by atoms with Gasteiger partial charge in [-0.05, 0) is 43.3 Å². The lowest BCUT2D eigenvalue weighted by atomic mass is 10.2. The number of ether oxygens (including phenoxy) is 1. The van der Waals surface area contributed by atoms with Gasteiger partial charge in [-0.15, -0.1) is 0 Å². The van der Waals surface area contributed by atoms with Gasteiger partial charge in [0.05, 0.1) is 12.0 Å². The normalized spacial score (nSPS) is 11.6. The molecule has 0 radical (unpaired) electrons. The summed E-state index contributed by atoms with van der Waals surface area (Å²) in [7, 11) is -2.44. The molecule has 0 saturated carbocycles. The zero-order valence-electron chi connectivity index (χ0n) is 12.6. The molecular weight excluding hydrogens is 316 g/mol. The quantitative estimate of drug-likeness (QED) is 0.690. The number of aryl methyl sites for hydroxylation is 1. The Morgan fingerprint density at radius 1 is 1.00 bits per heavy atom. The molecule has 1 aromatic heterocycles. The van der Waals surface area contributed by atoms with Crippen LogP contribution in [0.15, 0.2) is 67.5 Å². The van der Waals surface area contributed by atoms with Gasteiger partial charge in [0, 0.05) is 5.39 Å². The van der Waals surface area contributed by atoms with Crippen molar-refractivity contribution in [3.63, 3.8) is 0 Å². The molecule has 6 heteroatoms. The van der Waals surface area contributed by atoms with Crippen LogP contribution in [-0.2, 0) is 9.84 Å². The molecule has 0 aliphatic heterocycles. The predicted octanol–water partition coefficient (Wildman–Crippen LogP) is 2.94. The van der Waals surface area contributed by atoms with Crippen LogP contribution in [0, 0.1) is 6.92 Å². The summed E-state index contributed by atoms with van der Waals surface area (Å²) in [6.45, 7) is 1.85. The lowest BCUT2D eigenvalue weighted by molar-refractivity contribution is 0.415. The van der Waals surface area contributed by atoms with Crippen LogP contribution in [0.4, 0.5) is 0 Å². The number of rotatable bonds is 3. The van der Waals surface area contributed by atoms with E-state index >= 15 is 0 Å². The average Bonchev–Trinajstić information content (AvgIpc) is 2.54. The van der Waals surface area contributed by atoms with Crippen LogP contribution in [-0.4, -0.2) is 15.5 Å². The summed E-state index contributed by atoms with van der Waals surface area (Å²) in [5.41, 5.74) is 0.348. The van der Waals surface area contributed by atoms with Crippen molar-refractivity contribution >= 4 is 20.8 Å². The fraction of sp³-hybridized carbons (Fsp3) is 0.118. The number of sulfone groups is 1. The number of benzene rings is 2. The number of hydrogen-bond donors (Lipinski definition) is 0. The Bertz CT molecular complexity index is 1030. The van der Waals surface area contributed by atoms with E-state index in [0.717, 1.165) is 5.56 Å². The second-order valence-electron chi connectivity index (χ2n) is 5.12. The maximum Gasteiger partial charge on any atom is 0.355 e. The van der Waals surface area contributed by atoms with Crippen LogP contribution in [0.25, 0.3) is 11.0 Å². The molecule has 0 aliphatic carbocycles. The Morgan fingerprint density at radius 2 is 1.70 bits per heavy atom. The molecule has 1 heterocycles. The molecule has 3 rings (SSSR count). The molecule has 2 aromatic carbocycles. The molecule has 0 saturated heterocycles. The van der Waals surface area contributed by atoms with Crippen molar-refractivity contribution in [3.05, 3.63) is 64.5 Å². The first-order valence-electron chi connectivity index (χ1n) is 6.85. The van der Waals surface area contributed by atoms with Gasteiger partial charge in [-0.3, -0.25) is 0 Å². The fourth-order valence-electron chi connectivity index (χ4n) is 2.24. The van der Waals surface area contributed by atoms with Crippen molar-refractivity contribution in [2.45, 2.75) is 16.7 Å². The highest BCUT2D eigenvalue weighted by atomic mass is 32.2. The van der Waals surface area contributed by atoms with E-state index < -0.39 is 15.5 Å². The van der Waals surface area contributed by atoms with Gasteiger partial charge in [0.1, 0.15) is 11.3 Å². The Morgan fingerprint density at radius 3 is 2.35 bits per heavy atom. The molecule has 0 atom stereocenters. The maximum absolute atomic E-state index is 12.7. The summed E-state index contributed by atoms with van der Waals surface area (Å²) in [6, 6.07) is 12.4. The third-order valence-electron chi connectivity index (χ3n) is 3.53. The van der Waals surface area contributed by atoms with E-state index in [1.807, 2.05) is 6.92 Å². The standard InChI is InChI=1S/C17H14O5S/c1-11-3-6-14(7-4-11)23(19,20)16-10-12-9-13(21-2)5-8-15(12)22-17(16)18/h3-10H,1-2H3. The first kappa shape index (κ1) is 15.3. The van der Waals surface area contributed by atoms with E-state index in [-0.39, 0.29) is 9.79 Å². The number of hydrogen-bond acceptors (Lipinski definition) is 5. The monoisotopic (exact) mass is 330 g/mol. The number of fused-ring (bicyclic) bond motifs is 1. The number of methoxy groups -OCH3 is 1. The molecule has 0 fully saturated rings. The minimum atomic E-state index is -3.94. The predicted molar refractivity (Wildman–Crippen MR) is 85.7 cm³/mol. The van der Waals surface area contributed by atoms with E-state index in [4.69, 9.17) is 9.15 Å². The molecule has 5 nitrogen and oxygen atoms in total. The van der Waals surface area contributed by atoms with Gasteiger partial charge < -0.3 is 9.15 Å². The molecule has 0 amide bonds. The molecule has 0 bridgehead atoms. The molecule has 0 unspecified atom stereocenters. The highest BCUT2D eigenvalue weighted by Crippen LogP contribution is 2.24. The lowest BCUT2D eigenvalue weighted by Crippen LogP contribution is -2.14. The molecule has 3 aromatic rings. The topological polar surface area (TPSA) is 73.6 Å². The summed E-state index contributed by atoms with van der Waals surface area (Å²) in [6.07, 6.45) is 0. The summed E-state index contributed by atoms with van der Waals surface area (Å²) in [4.78, 5) is 11.8. The maximum atomic E-state index is 12.7. The minimum Gasteiger partial charge on any atom is -0.497 e. The van der Waals surface area contributed by atoms with Gasteiger partial charge >= 0.3 is 5.63 Å². The van der Waals surface area contributed by atoms with E-state index in [1.54, 1.807) is 30.3 Å². The van der Waals surface area contributed by atoms with Crippen molar-refractivity contribution in [1.29, 1.82) is 0 Å². The van der Waals surface area contributed by atoms with Gasteiger partial charge in [0.25, 0.3) is 0 Å². The Balaban J connectivity index is 2.23. The Kier molecular flexibility index (Phi) is 3.69. The van der Waals surface area contributed by atoms with E-state index in [2.05, 4.69) is 0 Å². The van der Waals surface area contributed by atoms with Gasteiger partial charge in [-0.2, -0.15) is 0 Å². The summed E-state index contributed by atoms with van der Waals surface area (Å²) >= 11 is 0. The van der Waals surface area contributed by atoms with Crippen LogP contribution in [0.2, 0.25) is 0 Å². The van der Waals surface area contributed by atoms with Crippen LogP contribution in [0.3, 0.4) is 0 Å². The van der Waals surface area contributed by atoms with Crippen LogP contribution >= 0.6 is 0 Å². The van der Waals surface area contributed by atoms with E-state index in [9.17, 15) is 13.2 Å². The third kappa shape index (κ3) is 2.73. The van der Waals surface area contributed by atoms with Crippen molar-refractivity contribution in [2.75, 3.05) is 7.11 Å². The van der Waals surface area contributed by atoms with Crippen molar-refractivity contribution in [1.82, 2.24) is 0 Å². The smallest absolute Gasteiger partial charge is 0.355 e. The van der Waals surface area contributed by atoms with Gasteiger partial charge in [0.2, 0.25) is 9.84 Å². The zero-order valence-corrected chi connectivity index (χ0v) is 13.4. The fourth-order valence-corrected chi connectivity index (χ4v) is 3.53. The Labute approximate surface area is 133 Å². The molecule has 0 aliphatic rings. The second kappa shape index (κ2) is 5.55. The summed E-state index contributed by atoms with van der Waals surface area (Å²) < 4.78 is 35.6. The van der Waals surface area contributed by atoms with Crippen LogP contribution in [0.1, 0.15) is 5.56 Å². The molecule has 23 heavy (non-hydrogen) atoms. The minimum absolute atomic E-state index is 0.0534. The first-order chi connectivity index (χ1) is 10.9. The van der Waals surface area contributed by atoms with E-state index in [1.165, 1.54) is 25.3 Å². The van der Waals surface area contributed by atoms with Gasteiger partial charge in [0.15, 0.2) is 4.90 Å². The second-order valence-corrected chi connectivity index (χ2v) is 7.04. The summed E-state index contributed by atoms with van der Waals surface area (Å²) in [5.74, 6) is 0.546. The van der Waals surface area contributed by atoms with Crippen LogP contribution in [0.5, 0.6) is 5.75 Å². The molecular formula is C17H14O5S. The molecule has 0 spiro atoms. The van der Waals surface area contributed by atoms with Crippen molar-refractivity contribution in [2.24, 2.45) is 0 Å². The van der Waals surface area contributed by atoms with Gasteiger partial charge in [-0.25, -0.2) is 13.2 Å². The summed E-state index contributed by atoms with van der Waals surface area (Å²) in [5, 5.41) is 0.481. The van der Waals surface area contributed by atoms with Crippen LogP contribution < -0.4 is 10.4 Å². The van der Waals surface area contributed by atoms with E-state index in [0.29, 0.717) is 16.7 Å². The van der Waals surface area contributed by atoms with Crippen molar-refractivity contribution in [3.8, 4) is 5.75 Å². The molecule has 118 valence electrons. The lowest BCUT2D eigenvalue weighted by Gasteiger charge is -2.06. The van der Waals surface area contributed by atoms with Crippen molar-refractivity contribution < 1.29 is 17.6 Å². The Hall–Kier alpha value is -2.60. The first-order valence-corrected chi connectivity index (χ1v) is 8.34. The highest BCUT2D eigenvalue weighted by Gasteiger charge is 2.23.